The van der Waals surface area contributed by atoms with Crippen LogP contribution < -0.4 is 21.3 Å². The molecule has 0 atom stereocenters. The van der Waals surface area contributed by atoms with Gasteiger partial charge in [0.25, 0.3) is 0 Å². The Labute approximate surface area is 107 Å². The van der Waals surface area contributed by atoms with Gasteiger partial charge in [-0.3, -0.25) is 5.43 Å². The van der Waals surface area contributed by atoms with Crippen LogP contribution in [-0.4, -0.2) is 32.8 Å². The van der Waals surface area contributed by atoms with Crippen LogP contribution in [0.2, 0.25) is 0 Å². The largest absolute Gasteiger partial charge is 0.494 e. The summed E-state index contributed by atoms with van der Waals surface area (Å²) >= 11 is 0. The summed E-state index contributed by atoms with van der Waals surface area (Å²) in [7, 11) is 1.63. The average Bonchev–Trinajstić information content (AvgIpc) is 2.38. The first-order valence-corrected chi connectivity index (χ1v) is 5.80. The normalized spacial score (nSPS) is 11.2. The Morgan fingerprint density at radius 1 is 1.44 bits per heavy atom. The lowest BCUT2D eigenvalue weighted by molar-refractivity contribution is 0.208. The molecule has 0 aliphatic rings. The number of ether oxygens (including phenoxy) is 2. The van der Waals surface area contributed by atoms with E-state index in [1.165, 1.54) is 0 Å². The van der Waals surface area contributed by atoms with Gasteiger partial charge in [-0.25, -0.2) is 10.8 Å². The summed E-state index contributed by atoms with van der Waals surface area (Å²) in [6, 6.07) is 7.58. The molecule has 0 heterocycles. The SMILES string of the molecule is CCOc1cccc(NC(=NCCOC)NN)c1. The Bertz CT molecular complexity index is 382. The molecular weight excluding hydrogens is 232 g/mol. The van der Waals surface area contributed by atoms with Crippen molar-refractivity contribution in [3.05, 3.63) is 24.3 Å². The maximum Gasteiger partial charge on any atom is 0.210 e. The van der Waals surface area contributed by atoms with Crippen LogP contribution >= 0.6 is 0 Å². The number of nitrogens with two attached hydrogens (primary N) is 1. The Kier molecular flexibility index (Phi) is 6.60. The minimum absolute atomic E-state index is 0.487. The van der Waals surface area contributed by atoms with Crippen molar-refractivity contribution < 1.29 is 9.47 Å². The van der Waals surface area contributed by atoms with E-state index in [9.17, 15) is 0 Å². The molecule has 0 aliphatic heterocycles. The zero-order valence-corrected chi connectivity index (χ0v) is 10.8. The summed E-state index contributed by atoms with van der Waals surface area (Å²) in [6.07, 6.45) is 0. The zero-order valence-electron chi connectivity index (χ0n) is 10.8. The molecule has 0 spiro atoms. The van der Waals surface area contributed by atoms with Crippen molar-refractivity contribution >= 4 is 11.6 Å². The maximum atomic E-state index is 5.41. The van der Waals surface area contributed by atoms with Crippen LogP contribution in [0.4, 0.5) is 5.69 Å². The van der Waals surface area contributed by atoms with Crippen molar-refractivity contribution in [2.75, 3.05) is 32.2 Å². The molecular formula is C12H20N4O2. The van der Waals surface area contributed by atoms with Gasteiger partial charge in [-0.1, -0.05) is 6.07 Å². The molecule has 0 aliphatic carbocycles. The van der Waals surface area contributed by atoms with Gasteiger partial charge in [-0.2, -0.15) is 0 Å². The van der Waals surface area contributed by atoms with Gasteiger partial charge in [0.05, 0.1) is 19.8 Å². The quantitative estimate of drug-likeness (QED) is 0.231. The van der Waals surface area contributed by atoms with E-state index < -0.39 is 0 Å². The Balaban J connectivity index is 2.63. The second kappa shape index (κ2) is 8.32. The molecule has 100 valence electrons. The fraction of sp³-hybridized carbons (Fsp3) is 0.417. The van der Waals surface area contributed by atoms with Crippen LogP contribution in [-0.2, 0) is 4.74 Å². The van der Waals surface area contributed by atoms with E-state index in [4.69, 9.17) is 15.3 Å². The van der Waals surface area contributed by atoms with Gasteiger partial charge in [-0.15, -0.1) is 0 Å². The maximum absolute atomic E-state index is 5.41. The Hall–Kier alpha value is -1.79. The third-order valence-corrected chi connectivity index (χ3v) is 2.11. The van der Waals surface area contributed by atoms with Crippen molar-refractivity contribution in [2.45, 2.75) is 6.92 Å². The van der Waals surface area contributed by atoms with Gasteiger partial charge in [-0.05, 0) is 19.1 Å². The number of hydrogen-bond donors (Lipinski definition) is 3. The van der Waals surface area contributed by atoms with E-state index in [0.717, 1.165) is 11.4 Å². The predicted molar refractivity (Wildman–Crippen MR) is 72.7 cm³/mol. The standard InChI is InChI=1S/C12H20N4O2/c1-3-18-11-6-4-5-10(9-11)15-12(16-13)14-7-8-17-2/h4-6,9H,3,7-8,13H2,1-2H3,(H2,14,15,16). The van der Waals surface area contributed by atoms with Crippen LogP contribution in [0.25, 0.3) is 0 Å². The van der Waals surface area contributed by atoms with E-state index in [1.807, 2.05) is 31.2 Å². The van der Waals surface area contributed by atoms with Crippen molar-refractivity contribution in [2.24, 2.45) is 10.8 Å². The van der Waals surface area contributed by atoms with Crippen LogP contribution in [0.5, 0.6) is 5.75 Å². The molecule has 0 saturated heterocycles. The molecule has 18 heavy (non-hydrogen) atoms. The number of hydrazine groups is 1. The number of nitrogens with zero attached hydrogens (tertiary/aromatic N) is 1. The average molecular weight is 252 g/mol. The second-order valence-electron chi connectivity index (χ2n) is 3.45. The highest BCUT2D eigenvalue weighted by Crippen LogP contribution is 2.16. The number of guanidine groups is 1. The lowest BCUT2D eigenvalue weighted by atomic mass is 10.3. The smallest absolute Gasteiger partial charge is 0.210 e. The third-order valence-electron chi connectivity index (χ3n) is 2.11. The third kappa shape index (κ3) is 5.03. The lowest BCUT2D eigenvalue weighted by Gasteiger charge is -2.10. The molecule has 6 nitrogen and oxygen atoms in total. The summed E-state index contributed by atoms with van der Waals surface area (Å²) in [5.74, 6) is 6.67. The van der Waals surface area contributed by atoms with Crippen LogP contribution in [0.1, 0.15) is 6.92 Å². The van der Waals surface area contributed by atoms with Crippen LogP contribution in [0, 0.1) is 0 Å². The number of methoxy groups -OCH3 is 1. The molecule has 6 heteroatoms. The van der Waals surface area contributed by atoms with Crippen molar-refractivity contribution in [3.8, 4) is 5.75 Å². The summed E-state index contributed by atoms with van der Waals surface area (Å²) in [5.41, 5.74) is 3.36. The molecule has 0 radical (unpaired) electrons. The number of benzene rings is 1. The van der Waals surface area contributed by atoms with E-state index in [2.05, 4.69) is 15.7 Å². The van der Waals surface area contributed by atoms with Gasteiger partial charge in [0.1, 0.15) is 5.75 Å². The number of anilines is 1. The molecule has 1 aromatic carbocycles. The molecule has 0 aromatic heterocycles. The molecule has 4 N–H and O–H groups in total. The number of rotatable bonds is 6. The topological polar surface area (TPSA) is 80.9 Å². The zero-order chi connectivity index (χ0) is 13.2. The molecule has 0 unspecified atom stereocenters. The summed E-state index contributed by atoms with van der Waals surface area (Å²) < 4.78 is 10.3. The summed E-state index contributed by atoms with van der Waals surface area (Å²) in [5, 5.41) is 3.06. The molecule has 1 rings (SSSR count). The Morgan fingerprint density at radius 3 is 2.94 bits per heavy atom. The van der Waals surface area contributed by atoms with Gasteiger partial charge >= 0.3 is 0 Å². The first-order valence-electron chi connectivity index (χ1n) is 5.80. The first-order chi connectivity index (χ1) is 8.80. The van der Waals surface area contributed by atoms with Gasteiger partial charge < -0.3 is 14.8 Å². The van der Waals surface area contributed by atoms with Gasteiger partial charge in [0, 0.05) is 18.9 Å². The van der Waals surface area contributed by atoms with Gasteiger partial charge in [0.15, 0.2) is 0 Å². The molecule has 0 saturated carbocycles. The van der Waals surface area contributed by atoms with Crippen molar-refractivity contribution in [3.63, 3.8) is 0 Å². The van der Waals surface area contributed by atoms with Crippen LogP contribution in [0.15, 0.2) is 29.3 Å². The number of nitrogens with one attached hydrogen (secondary N) is 2. The van der Waals surface area contributed by atoms with Crippen LogP contribution in [0.3, 0.4) is 0 Å². The highest BCUT2D eigenvalue weighted by atomic mass is 16.5. The molecule has 0 amide bonds. The fourth-order valence-corrected chi connectivity index (χ4v) is 1.34. The highest BCUT2D eigenvalue weighted by Gasteiger charge is 1.99. The van der Waals surface area contributed by atoms with Crippen molar-refractivity contribution in [1.29, 1.82) is 0 Å². The molecule has 0 bridgehead atoms. The highest BCUT2D eigenvalue weighted by molar-refractivity contribution is 5.93. The lowest BCUT2D eigenvalue weighted by Crippen LogP contribution is -2.36. The summed E-state index contributed by atoms with van der Waals surface area (Å²) in [4.78, 5) is 4.21. The molecule has 1 aromatic rings. The van der Waals surface area contributed by atoms with E-state index >= 15 is 0 Å². The Morgan fingerprint density at radius 2 is 2.28 bits per heavy atom. The number of hydrogen-bond acceptors (Lipinski definition) is 4. The van der Waals surface area contributed by atoms with E-state index in [-0.39, 0.29) is 0 Å². The monoisotopic (exact) mass is 252 g/mol. The predicted octanol–water partition coefficient (Wildman–Crippen LogP) is 0.963. The summed E-state index contributed by atoms with van der Waals surface area (Å²) in [6.45, 7) is 3.66. The van der Waals surface area contributed by atoms with E-state index in [0.29, 0.717) is 25.7 Å². The minimum atomic E-state index is 0.487. The fourth-order valence-electron chi connectivity index (χ4n) is 1.34. The second-order valence-corrected chi connectivity index (χ2v) is 3.45. The van der Waals surface area contributed by atoms with Crippen molar-refractivity contribution in [1.82, 2.24) is 5.43 Å². The van der Waals surface area contributed by atoms with Gasteiger partial charge in [0.2, 0.25) is 5.96 Å². The number of aliphatic imine (C=N–C) groups is 1. The molecule has 0 fully saturated rings. The van der Waals surface area contributed by atoms with E-state index in [1.54, 1.807) is 7.11 Å². The minimum Gasteiger partial charge on any atom is -0.494 e. The first kappa shape index (κ1) is 14.3.